The molecule has 0 aliphatic carbocycles. The number of anilines is 1. The zero-order valence-electron chi connectivity index (χ0n) is 15.8. The lowest BCUT2D eigenvalue weighted by atomic mass is 10.2. The zero-order chi connectivity index (χ0) is 20.8. The fraction of sp³-hybridized carbons (Fsp3) is 0.200. The van der Waals surface area contributed by atoms with Crippen molar-refractivity contribution < 1.29 is 19.1 Å². The molecule has 1 N–H and O–H groups in total. The summed E-state index contributed by atoms with van der Waals surface area (Å²) in [4.78, 5) is 24.7. The maximum Gasteiger partial charge on any atom is 0.352 e. The first-order valence-electron chi connectivity index (χ1n) is 8.78. The van der Waals surface area contributed by atoms with Gasteiger partial charge in [0.2, 0.25) is 0 Å². The van der Waals surface area contributed by atoms with Crippen LogP contribution in [0.25, 0.3) is 0 Å². The van der Waals surface area contributed by atoms with Gasteiger partial charge in [0.15, 0.2) is 17.2 Å². The van der Waals surface area contributed by atoms with Crippen molar-refractivity contribution in [3.05, 3.63) is 63.6 Å². The maximum atomic E-state index is 12.3. The molecule has 0 radical (unpaired) electrons. The van der Waals surface area contributed by atoms with Crippen LogP contribution in [0.5, 0.6) is 11.5 Å². The number of halogens is 1. The van der Waals surface area contributed by atoms with E-state index in [1.54, 1.807) is 18.2 Å². The highest BCUT2D eigenvalue weighted by Crippen LogP contribution is 2.32. The van der Waals surface area contributed by atoms with E-state index in [9.17, 15) is 9.59 Å². The van der Waals surface area contributed by atoms with Gasteiger partial charge in [-0.1, -0.05) is 40.7 Å². The number of aryl methyl sites for hydroxylation is 2. The number of nitrogens with zero attached hydrogens (tertiary/aromatic N) is 2. The maximum absolute atomic E-state index is 12.3. The van der Waals surface area contributed by atoms with Crippen LogP contribution in [-0.2, 0) is 16.0 Å². The molecule has 9 heteroatoms. The fourth-order valence-corrected chi connectivity index (χ4v) is 3.22. The second-order valence-corrected chi connectivity index (χ2v) is 7.27. The number of amides is 1. The van der Waals surface area contributed by atoms with Crippen molar-refractivity contribution in [2.24, 2.45) is 0 Å². The smallest absolute Gasteiger partial charge is 0.352 e. The van der Waals surface area contributed by atoms with E-state index in [4.69, 9.17) is 21.1 Å². The molecule has 0 aliphatic rings. The third-order valence-corrected chi connectivity index (χ3v) is 4.86. The molecule has 0 atom stereocenters. The van der Waals surface area contributed by atoms with Crippen molar-refractivity contribution in [1.29, 1.82) is 0 Å². The molecule has 0 saturated carbocycles. The Hall–Kier alpha value is -2.97. The molecule has 0 bridgehead atoms. The third-order valence-electron chi connectivity index (χ3n) is 3.87. The molecule has 150 valence electrons. The number of benzene rings is 2. The Morgan fingerprint density at radius 3 is 2.66 bits per heavy atom. The van der Waals surface area contributed by atoms with Crippen LogP contribution >= 0.6 is 23.1 Å². The molecule has 29 heavy (non-hydrogen) atoms. The summed E-state index contributed by atoms with van der Waals surface area (Å²) in [6.45, 7) is 3.37. The molecule has 3 rings (SSSR count). The summed E-state index contributed by atoms with van der Waals surface area (Å²) in [5, 5.41) is 6.94. The predicted octanol–water partition coefficient (Wildman–Crippen LogP) is 4.65. The van der Waals surface area contributed by atoms with Crippen LogP contribution in [0, 0.1) is 6.92 Å². The van der Waals surface area contributed by atoms with Gasteiger partial charge in [-0.25, -0.2) is 4.79 Å². The second-order valence-electron chi connectivity index (χ2n) is 6.08. The quantitative estimate of drug-likeness (QED) is 0.547. The van der Waals surface area contributed by atoms with E-state index >= 15 is 0 Å². The summed E-state index contributed by atoms with van der Waals surface area (Å²) in [5.74, 6) is -0.124. The van der Waals surface area contributed by atoms with Crippen LogP contribution in [0.1, 0.15) is 27.9 Å². The topological polar surface area (TPSA) is 90.4 Å². The van der Waals surface area contributed by atoms with Gasteiger partial charge in [0.1, 0.15) is 5.75 Å². The van der Waals surface area contributed by atoms with Gasteiger partial charge >= 0.3 is 5.97 Å². The highest BCUT2D eigenvalue weighted by molar-refractivity contribution is 7.07. The summed E-state index contributed by atoms with van der Waals surface area (Å²) in [7, 11) is 0. The van der Waals surface area contributed by atoms with Gasteiger partial charge in [0.05, 0.1) is 11.4 Å². The van der Waals surface area contributed by atoms with Crippen LogP contribution in [0.15, 0.2) is 42.5 Å². The molecule has 1 amide bonds. The minimum atomic E-state index is -0.630. The van der Waals surface area contributed by atoms with E-state index in [1.807, 2.05) is 38.1 Å². The summed E-state index contributed by atoms with van der Waals surface area (Å²) in [6, 6.07) is 12.4. The fourth-order valence-electron chi connectivity index (χ4n) is 2.40. The number of esters is 1. The number of hydrogen-bond donors (Lipinski definition) is 1. The van der Waals surface area contributed by atoms with Gasteiger partial charge in [-0.3, -0.25) is 4.79 Å². The molecule has 0 fully saturated rings. The van der Waals surface area contributed by atoms with Crippen LogP contribution in [-0.4, -0.2) is 28.1 Å². The molecule has 1 aromatic heterocycles. The second kappa shape index (κ2) is 9.49. The first kappa shape index (κ1) is 20.8. The van der Waals surface area contributed by atoms with Gasteiger partial charge in [-0.2, -0.15) is 0 Å². The monoisotopic (exact) mass is 431 g/mol. The van der Waals surface area contributed by atoms with E-state index in [0.717, 1.165) is 17.1 Å². The lowest BCUT2D eigenvalue weighted by Crippen LogP contribution is -2.21. The van der Waals surface area contributed by atoms with Crippen molar-refractivity contribution in [3.8, 4) is 11.5 Å². The van der Waals surface area contributed by atoms with E-state index in [1.165, 1.54) is 0 Å². The predicted molar refractivity (Wildman–Crippen MR) is 111 cm³/mol. The third kappa shape index (κ3) is 5.52. The standard InChI is InChI=1S/C20H18ClN3O4S/c1-3-15-19(29-24-23-15)20(26)27-11-18(25)22-16-10-13(21)6-9-17(16)28-14-7-4-12(2)5-8-14/h4-10H,3,11H2,1-2H3,(H,22,25). The number of aromatic nitrogens is 2. The van der Waals surface area contributed by atoms with Crippen molar-refractivity contribution in [2.75, 3.05) is 11.9 Å². The van der Waals surface area contributed by atoms with Crippen molar-refractivity contribution in [3.63, 3.8) is 0 Å². The van der Waals surface area contributed by atoms with Crippen LogP contribution in [0.4, 0.5) is 5.69 Å². The first-order chi connectivity index (χ1) is 14.0. The molecule has 0 aliphatic heterocycles. The Morgan fingerprint density at radius 1 is 1.17 bits per heavy atom. The average Bonchev–Trinajstić information content (AvgIpc) is 3.19. The SMILES string of the molecule is CCc1nnsc1C(=O)OCC(=O)Nc1cc(Cl)ccc1Oc1ccc(C)cc1. The van der Waals surface area contributed by atoms with Crippen LogP contribution in [0.2, 0.25) is 5.02 Å². The van der Waals surface area contributed by atoms with E-state index < -0.39 is 18.5 Å². The van der Waals surface area contributed by atoms with Crippen LogP contribution < -0.4 is 10.1 Å². The Bertz CT molecular complexity index is 1020. The highest BCUT2D eigenvalue weighted by Gasteiger charge is 2.18. The normalized spacial score (nSPS) is 10.4. The number of carbonyl (C=O) groups excluding carboxylic acids is 2. The number of hydrogen-bond acceptors (Lipinski definition) is 7. The molecular weight excluding hydrogens is 414 g/mol. The van der Waals surface area contributed by atoms with Gasteiger partial charge in [0.25, 0.3) is 5.91 Å². The summed E-state index contributed by atoms with van der Waals surface area (Å²) >= 11 is 6.99. The molecule has 0 unspecified atom stereocenters. The zero-order valence-corrected chi connectivity index (χ0v) is 17.3. The number of rotatable bonds is 7. The van der Waals surface area contributed by atoms with Gasteiger partial charge in [-0.15, -0.1) is 5.10 Å². The highest BCUT2D eigenvalue weighted by atomic mass is 35.5. The van der Waals surface area contributed by atoms with Gasteiger partial charge < -0.3 is 14.8 Å². The average molecular weight is 432 g/mol. The van der Waals surface area contributed by atoms with E-state index in [2.05, 4.69) is 14.9 Å². The minimum absolute atomic E-state index is 0.298. The van der Waals surface area contributed by atoms with Crippen LogP contribution in [0.3, 0.4) is 0 Å². The van der Waals surface area contributed by atoms with E-state index in [-0.39, 0.29) is 0 Å². The largest absolute Gasteiger partial charge is 0.455 e. The lowest BCUT2D eigenvalue weighted by Gasteiger charge is -2.13. The summed E-state index contributed by atoms with van der Waals surface area (Å²) in [5.41, 5.74) is 2.02. The van der Waals surface area contributed by atoms with Gasteiger partial charge in [-0.05, 0) is 55.2 Å². The number of carbonyl (C=O) groups is 2. The number of ether oxygens (including phenoxy) is 2. The van der Waals surface area contributed by atoms with E-state index in [0.29, 0.717) is 39.2 Å². The Morgan fingerprint density at radius 2 is 1.93 bits per heavy atom. The van der Waals surface area contributed by atoms with Gasteiger partial charge in [0, 0.05) is 5.02 Å². The minimum Gasteiger partial charge on any atom is -0.455 e. The molecule has 3 aromatic rings. The summed E-state index contributed by atoms with van der Waals surface area (Å²) in [6.07, 6.45) is 0.551. The lowest BCUT2D eigenvalue weighted by molar-refractivity contribution is -0.119. The van der Waals surface area contributed by atoms with Crippen molar-refractivity contribution >= 4 is 40.7 Å². The van der Waals surface area contributed by atoms with Crippen molar-refractivity contribution in [1.82, 2.24) is 9.59 Å². The Balaban J connectivity index is 1.65. The molecule has 0 spiro atoms. The number of nitrogens with one attached hydrogen (secondary N) is 1. The first-order valence-corrected chi connectivity index (χ1v) is 9.93. The molecule has 0 saturated heterocycles. The molecule has 7 nitrogen and oxygen atoms in total. The Kier molecular flexibility index (Phi) is 6.79. The Labute approximate surface area is 176 Å². The molecular formula is C20H18ClN3O4S. The van der Waals surface area contributed by atoms with Crippen molar-refractivity contribution in [2.45, 2.75) is 20.3 Å². The summed E-state index contributed by atoms with van der Waals surface area (Å²) < 4.78 is 14.6. The molecule has 1 heterocycles. The molecule has 2 aromatic carbocycles.